The summed E-state index contributed by atoms with van der Waals surface area (Å²) in [7, 11) is -4.51. The Morgan fingerprint density at radius 3 is 2.77 bits per heavy atom. The second-order valence-electron chi connectivity index (χ2n) is 4.55. The molecule has 2 rings (SSSR count). The van der Waals surface area contributed by atoms with E-state index in [1.165, 1.54) is 12.1 Å². The van der Waals surface area contributed by atoms with Crippen LogP contribution >= 0.6 is 7.82 Å². The lowest BCUT2D eigenvalue weighted by Crippen LogP contribution is -2.08. The molecule has 1 atom stereocenters. The van der Waals surface area contributed by atoms with E-state index in [1.54, 1.807) is 12.1 Å². The number of hydrogen-bond donors (Lipinski definition) is 3. The van der Waals surface area contributed by atoms with Crippen LogP contribution in [0.2, 0.25) is 0 Å². The van der Waals surface area contributed by atoms with Gasteiger partial charge in [-0.25, -0.2) is 9.36 Å². The normalized spacial score (nSPS) is 18.6. The van der Waals surface area contributed by atoms with Crippen molar-refractivity contribution in [1.82, 2.24) is 0 Å². The molecular weight excluding hydrogens is 313 g/mol. The van der Waals surface area contributed by atoms with Gasteiger partial charge in [0.1, 0.15) is 11.5 Å². The number of carbonyl (C=O) groups is 1. The lowest BCUT2D eigenvalue weighted by Gasteiger charge is -2.07. The van der Waals surface area contributed by atoms with Crippen molar-refractivity contribution in [3.63, 3.8) is 0 Å². The number of carboxylic acid groups (broad SMARTS) is 1. The third-order valence-electron chi connectivity index (χ3n) is 2.88. The maximum absolute atomic E-state index is 11.0. The van der Waals surface area contributed by atoms with Crippen LogP contribution in [-0.2, 0) is 9.09 Å². The molecule has 1 aliphatic rings. The van der Waals surface area contributed by atoms with Gasteiger partial charge < -0.3 is 14.9 Å². The highest BCUT2D eigenvalue weighted by Gasteiger charge is 2.22. The zero-order valence-electron chi connectivity index (χ0n) is 11.4. The number of benzene rings is 1. The Hall–Kier alpha value is -1.93. The monoisotopic (exact) mass is 327 g/mol. The molecule has 0 bridgehead atoms. The number of carboxylic acids is 1. The smallest absolute Gasteiger partial charge is 0.469 e. The van der Waals surface area contributed by atoms with Crippen molar-refractivity contribution >= 4 is 25.3 Å². The number of phosphoric acid groups is 1. The summed E-state index contributed by atoms with van der Waals surface area (Å²) in [5.74, 6) is -0.713. The highest BCUT2D eigenvalue weighted by Crippen LogP contribution is 2.36. The summed E-state index contributed by atoms with van der Waals surface area (Å²) in [4.78, 5) is 32.4. The van der Waals surface area contributed by atoms with E-state index < -0.39 is 19.8 Å². The van der Waals surface area contributed by atoms with Crippen LogP contribution in [0.5, 0.6) is 0 Å². The molecule has 118 valence electrons. The van der Waals surface area contributed by atoms with E-state index in [1.807, 2.05) is 0 Å². The fourth-order valence-corrected chi connectivity index (χ4v) is 2.23. The van der Waals surface area contributed by atoms with E-state index in [0.29, 0.717) is 18.7 Å². The summed E-state index contributed by atoms with van der Waals surface area (Å²) in [6.07, 6.45) is 1.02. The molecule has 10 heteroatoms. The minimum atomic E-state index is -4.51. The first kappa shape index (κ1) is 16.4. The summed E-state index contributed by atoms with van der Waals surface area (Å²) < 4.78 is 15.0. The molecule has 0 fully saturated rings. The van der Waals surface area contributed by atoms with Crippen LogP contribution < -0.4 is 0 Å². The number of aliphatic imine (C=N–C) groups is 1. The van der Waals surface area contributed by atoms with Crippen LogP contribution in [0, 0.1) is 0 Å². The molecule has 0 amide bonds. The summed E-state index contributed by atoms with van der Waals surface area (Å²) in [6, 6.07) is 5.79. The molecule has 3 N–H and O–H groups in total. The van der Waals surface area contributed by atoms with Gasteiger partial charge in [-0.2, -0.15) is 0 Å². The van der Waals surface area contributed by atoms with E-state index in [9.17, 15) is 9.36 Å². The van der Waals surface area contributed by atoms with Crippen molar-refractivity contribution < 1.29 is 28.8 Å². The maximum Gasteiger partial charge on any atom is 0.469 e. The zero-order valence-corrected chi connectivity index (χ0v) is 12.3. The predicted octanol–water partition coefficient (Wildman–Crippen LogP) is 2.14. The molecule has 0 saturated heterocycles. The number of rotatable bonds is 5. The molecule has 1 aromatic rings. The molecule has 1 unspecified atom stereocenters. The van der Waals surface area contributed by atoms with Crippen molar-refractivity contribution in [2.75, 3.05) is 6.61 Å². The summed E-state index contributed by atoms with van der Waals surface area (Å²) in [6.45, 7) is -0.199. The van der Waals surface area contributed by atoms with Crippen LogP contribution in [-0.4, -0.2) is 39.3 Å². The van der Waals surface area contributed by atoms with Gasteiger partial charge in [0, 0.05) is 6.42 Å². The van der Waals surface area contributed by atoms with Gasteiger partial charge in [-0.05, 0) is 18.6 Å². The second kappa shape index (κ2) is 6.89. The predicted molar refractivity (Wildman–Crippen MR) is 76.4 cm³/mol. The minimum Gasteiger partial charge on any atom is -0.478 e. The highest BCUT2D eigenvalue weighted by molar-refractivity contribution is 7.46. The molecule has 1 aromatic carbocycles. The number of amidine groups is 1. The fourth-order valence-electron chi connectivity index (χ4n) is 1.87. The van der Waals surface area contributed by atoms with E-state index in [2.05, 4.69) is 19.7 Å². The Morgan fingerprint density at radius 2 is 2.09 bits per heavy atom. The summed E-state index contributed by atoms with van der Waals surface area (Å²) in [5.41, 5.74) is 0.249. The SMILES string of the molecule is O=C(O)c1ccccc1N=NC1=NC(COP(=O)(O)O)CC1. The summed E-state index contributed by atoms with van der Waals surface area (Å²) >= 11 is 0. The van der Waals surface area contributed by atoms with Crippen LogP contribution in [0.15, 0.2) is 39.5 Å². The van der Waals surface area contributed by atoms with Gasteiger partial charge in [0.2, 0.25) is 0 Å². The zero-order chi connectivity index (χ0) is 16.2. The molecular formula is C12H14N3O6P. The number of phosphoric ester groups is 1. The van der Waals surface area contributed by atoms with E-state index in [-0.39, 0.29) is 17.9 Å². The van der Waals surface area contributed by atoms with Gasteiger partial charge in [0.15, 0.2) is 0 Å². The van der Waals surface area contributed by atoms with Crippen LogP contribution in [0.25, 0.3) is 0 Å². The van der Waals surface area contributed by atoms with Gasteiger partial charge in [-0.3, -0.25) is 9.52 Å². The average molecular weight is 327 g/mol. The minimum absolute atomic E-state index is 0.0335. The highest BCUT2D eigenvalue weighted by atomic mass is 31.2. The van der Waals surface area contributed by atoms with Gasteiger partial charge in [-0.15, -0.1) is 10.2 Å². The number of hydrogen-bond acceptors (Lipinski definition) is 6. The molecule has 9 nitrogen and oxygen atoms in total. The van der Waals surface area contributed by atoms with Crippen molar-refractivity contribution in [3.05, 3.63) is 29.8 Å². The number of azo groups is 1. The van der Waals surface area contributed by atoms with Crippen molar-refractivity contribution in [1.29, 1.82) is 0 Å². The molecule has 22 heavy (non-hydrogen) atoms. The molecule has 0 radical (unpaired) electrons. The van der Waals surface area contributed by atoms with Gasteiger partial charge in [-0.1, -0.05) is 12.1 Å². The maximum atomic E-state index is 11.0. The lowest BCUT2D eigenvalue weighted by atomic mass is 10.2. The van der Waals surface area contributed by atoms with E-state index in [0.717, 1.165) is 0 Å². The summed E-state index contributed by atoms with van der Waals surface area (Å²) in [5, 5.41) is 16.8. The Morgan fingerprint density at radius 1 is 1.36 bits per heavy atom. The molecule has 0 aliphatic carbocycles. The standard InChI is InChI=1S/C12H14N3O6P/c16-12(17)9-3-1-2-4-10(9)14-15-11-6-5-8(13-11)7-21-22(18,19)20/h1-4,8H,5-7H2,(H,16,17)(H2,18,19,20). The van der Waals surface area contributed by atoms with Crippen molar-refractivity contribution in [2.45, 2.75) is 18.9 Å². The van der Waals surface area contributed by atoms with Crippen molar-refractivity contribution in [3.8, 4) is 0 Å². The first-order valence-electron chi connectivity index (χ1n) is 6.36. The van der Waals surface area contributed by atoms with Gasteiger partial charge in [0.05, 0.1) is 18.2 Å². The van der Waals surface area contributed by atoms with Crippen LogP contribution in [0.4, 0.5) is 5.69 Å². The Kier molecular flexibility index (Phi) is 5.15. The van der Waals surface area contributed by atoms with E-state index >= 15 is 0 Å². The Balaban J connectivity index is 2.02. The van der Waals surface area contributed by atoms with Crippen molar-refractivity contribution in [2.24, 2.45) is 15.2 Å². The number of nitrogens with zero attached hydrogens (tertiary/aromatic N) is 3. The Labute approximate surface area is 125 Å². The van der Waals surface area contributed by atoms with Gasteiger partial charge in [0.25, 0.3) is 0 Å². The lowest BCUT2D eigenvalue weighted by molar-refractivity contribution is 0.0697. The molecule has 1 heterocycles. The molecule has 1 aliphatic heterocycles. The van der Waals surface area contributed by atoms with E-state index in [4.69, 9.17) is 14.9 Å². The topological polar surface area (TPSA) is 141 Å². The Bertz CT molecular complexity index is 669. The first-order chi connectivity index (χ1) is 10.3. The largest absolute Gasteiger partial charge is 0.478 e. The number of aromatic carboxylic acids is 1. The van der Waals surface area contributed by atoms with Gasteiger partial charge >= 0.3 is 13.8 Å². The third-order valence-corrected chi connectivity index (χ3v) is 3.36. The molecule has 0 aromatic heterocycles. The van der Waals surface area contributed by atoms with Crippen LogP contribution in [0.1, 0.15) is 23.2 Å². The first-order valence-corrected chi connectivity index (χ1v) is 7.89. The molecule has 0 spiro atoms. The van der Waals surface area contributed by atoms with Crippen LogP contribution in [0.3, 0.4) is 0 Å². The second-order valence-corrected chi connectivity index (χ2v) is 5.79. The average Bonchev–Trinajstić information content (AvgIpc) is 2.90. The third kappa shape index (κ3) is 4.81. The fraction of sp³-hybridized carbons (Fsp3) is 0.333. The molecule has 0 saturated carbocycles. The quantitative estimate of drug-likeness (QED) is 0.559.